The first-order chi connectivity index (χ1) is 13.8. The quantitative estimate of drug-likeness (QED) is 0.362. The van der Waals surface area contributed by atoms with Crippen LogP contribution in [0.3, 0.4) is 0 Å². The number of nitrogens with zero attached hydrogens (tertiary/aromatic N) is 4. The van der Waals surface area contributed by atoms with Crippen LogP contribution in [0, 0.1) is 0 Å². The Labute approximate surface area is 193 Å². The van der Waals surface area contributed by atoms with Gasteiger partial charge in [0, 0.05) is 45.8 Å². The van der Waals surface area contributed by atoms with E-state index < -0.39 is 17.8 Å². The molecule has 170 valence electrons. The molecule has 2 saturated heterocycles. The molecule has 10 heteroatoms. The van der Waals surface area contributed by atoms with Gasteiger partial charge in [-0.3, -0.25) is 9.89 Å². The van der Waals surface area contributed by atoms with Gasteiger partial charge in [0.25, 0.3) is 0 Å². The summed E-state index contributed by atoms with van der Waals surface area (Å²) in [5, 5.41) is 3.44. The summed E-state index contributed by atoms with van der Waals surface area (Å²) in [7, 11) is 5.98. The molecule has 0 amide bonds. The van der Waals surface area contributed by atoms with Gasteiger partial charge in [-0.15, -0.1) is 24.0 Å². The van der Waals surface area contributed by atoms with Crippen molar-refractivity contribution >= 4 is 29.9 Å². The fourth-order valence-electron chi connectivity index (χ4n) is 3.82. The molecule has 0 aliphatic carbocycles. The third kappa shape index (κ3) is 6.44. The Morgan fingerprint density at radius 1 is 1.20 bits per heavy atom. The number of benzene rings is 1. The summed E-state index contributed by atoms with van der Waals surface area (Å²) in [6.07, 6.45) is -4.78. The van der Waals surface area contributed by atoms with Gasteiger partial charge < -0.3 is 19.9 Å². The predicted octanol–water partition coefficient (Wildman–Crippen LogP) is 2.52. The SMILES string of the molecule is CN=C(NCC1CN(C)CCN1C)N1CCOC(c2cccc(C(F)(F)F)c2)C1.I. The van der Waals surface area contributed by atoms with E-state index >= 15 is 0 Å². The number of rotatable bonds is 3. The number of nitrogens with one attached hydrogen (secondary N) is 1. The number of hydrogen-bond acceptors (Lipinski definition) is 4. The molecule has 2 aliphatic rings. The van der Waals surface area contributed by atoms with Gasteiger partial charge in [-0.25, -0.2) is 0 Å². The highest BCUT2D eigenvalue weighted by Crippen LogP contribution is 2.32. The predicted molar refractivity (Wildman–Crippen MR) is 122 cm³/mol. The zero-order valence-corrected chi connectivity index (χ0v) is 20.0. The van der Waals surface area contributed by atoms with Crippen molar-refractivity contribution < 1.29 is 17.9 Å². The molecule has 0 bridgehead atoms. The number of alkyl halides is 3. The standard InChI is InChI=1S/C20H30F3N5O.HI/c1-24-19(25-12-17-13-26(2)7-8-27(17)3)28-9-10-29-18(14-28)15-5-4-6-16(11-15)20(21,22)23;/h4-6,11,17-18H,7-10,12-14H2,1-3H3,(H,24,25);1H. The zero-order valence-electron chi connectivity index (χ0n) is 17.7. The lowest BCUT2D eigenvalue weighted by Crippen LogP contribution is -2.56. The second kappa shape index (κ2) is 11.0. The van der Waals surface area contributed by atoms with Crippen LogP contribution in [0.15, 0.2) is 29.3 Å². The summed E-state index contributed by atoms with van der Waals surface area (Å²) in [4.78, 5) is 11.1. The number of guanidine groups is 1. The molecular weight excluding hydrogens is 510 g/mol. The van der Waals surface area contributed by atoms with Crippen LogP contribution in [0.25, 0.3) is 0 Å². The van der Waals surface area contributed by atoms with Crippen LogP contribution in [-0.4, -0.2) is 93.7 Å². The largest absolute Gasteiger partial charge is 0.416 e. The van der Waals surface area contributed by atoms with E-state index in [0.29, 0.717) is 31.3 Å². The number of hydrogen-bond donors (Lipinski definition) is 1. The highest BCUT2D eigenvalue weighted by atomic mass is 127. The number of likely N-dealkylation sites (N-methyl/N-ethyl adjacent to an activating group) is 2. The lowest BCUT2D eigenvalue weighted by molar-refractivity contribution is -0.137. The van der Waals surface area contributed by atoms with E-state index in [1.165, 1.54) is 12.1 Å². The van der Waals surface area contributed by atoms with Gasteiger partial charge in [0.15, 0.2) is 5.96 Å². The minimum Gasteiger partial charge on any atom is -0.370 e. The van der Waals surface area contributed by atoms with Crippen molar-refractivity contribution in [3.05, 3.63) is 35.4 Å². The second-order valence-corrected chi connectivity index (χ2v) is 7.75. The molecule has 1 aromatic rings. The first kappa shape index (κ1) is 25.2. The first-order valence-corrected chi connectivity index (χ1v) is 9.91. The Kier molecular flexibility index (Phi) is 9.19. The summed E-state index contributed by atoms with van der Waals surface area (Å²) in [5.74, 6) is 0.756. The van der Waals surface area contributed by atoms with Gasteiger partial charge in [0.1, 0.15) is 6.10 Å². The Morgan fingerprint density at radius 3 is 2.67 bits per heavy atom. The van der Waals surface area contributed by atoms with Crippen LogP contribution in [0.4, 0.5) is 13.2 Å². The number of halogens is 4. The van der Waals surface area contributed by atoms with Crippen molar-refractivity contribution in [2.75, 3.05) is 67.0 Å². The minimum absolute atomic E-state index is 0. The molecule has 3 rings (SSSR count). The van der Waals surface area contributed by atoms with Crippen molar-refractivity contribution in [3.8, 4) is 0 Å². The van der Waals surface area contributed by atoms with Crippen LogP contribution in [-0.2, 0) is 10.9 Å². The molecule has 2 heterocycles. The van der Waals surface area contributed by atoms with E-state index in [4.69, 9.17) is 4.74 Å². The molecule has 30 heavy (non-hydrogen) atoms. The van der Waals surface area contributed by atoms with E-state index in [0.717, 1.165) is 38.2 Å². The lowest BCUT2D eigenvalue weighted by atomic mass is 10.0. The maximum atomic E-state index is 13.0. The Morgan fingerprint density at radius 2 is 1.97 bits per heavy atom. The monoisotopic (exact) mass is 541 g/mol. The van der Waals surface area contributed by atoms with Crippen molar-refractivity contribution in [2.45, 2.75) is 18.3 Å². The van der Waals surface area contributed by atoms with Crippen molar-refractivity contribution in [1.82, 2.24) is 20.0 Å². The molecule has 2 unspecified atom stereocenters. The molecule has 2 aliphatic heterocycles. The van der Waals surface area contributed by atoms with E-state index in [2.05, 4.69) is 39.1 Å². The van der Waals surface area contributed by atoms with Crippen molar-refractivity contribution in [2.24, 2.45) is 4.99 Å². The molecule has 0 spiro atoms. The molecular formula is C20H31F3IN5O. The molecule has 1 N–H and O–H groups in total. The maximum Gasteiger partial charge on any atom is 0.416 e. The van der Waals surface area contributed by atoms with E-state index in [-0.39, 0.29) is 24.0 Å². The molecule has 0 radical (unpaired) electrons. The Balaban J connectivity index is 0.00000320. The molecule has 0 aromatic heterocycles. The maximum absolute atomic E-state index is 13.0. The molecule has 1 aromatic carbocycles. The fraction of sp³-hybridized carbons (Fsp3) is 0.650. The summed E-state index contributed by atoms with van der Waals surface area (Å²) >= 11 is 0. The average Bonchev–Trinajstić information content (AvgIpc) is 2.70. The summed E-state index contributed by atoms with van der Waals surface area (Å²) in [6.45, 7) is 5.38. The van der Waals surface area contributed by atoms with Crippen LogP contribution in [0.5, 0.6) is 0 Å². The molecule has 2 atom stereocenters. The average molecular weight is 541 g/mol. The van der Waals surface area contributed by atoms with E-state index in [1.807, 2.05) is 0 Å². The van der Waals surface area contributed by atoms with E-state index in [1.54, 1.807) is 13.1 Å². The summed E-state index contributed by atoms with van der Waals surface area (Å²) in [5.41, 5.74) is -0.115. The topological polar surface area (TPSA) is 43.3 Å². The number of ether oxygens (including phenoxy) is 1. The van der Waals surface area contributed by atoms with Gasteiger partial charge in [-0.05, 0) is 31.8 Å². The van der Waals surface area contributed by atoms with Gasteiger partial charge in [-0.1, -0.05) is 12.1 Å². The molecule has 0 saturated carbocycles. The Hall–Kier alpha value is -1.11. The third-order valence-corrected chi connectivity index (χ3v) is 5.64. The first-order valence-electron chi connectivity index (χ1n) is 9.91. The van der Waals surface area contributed by atoms with E-state index in [9.17, 15) is 13.2 Å². The normalized spacial score (nSPS) is 24.5. The van der Waals surface area contributed by atoms with Gasteiger partial charge in [0.2, 0.25) is 0 Å². The van der Waals surface area contributed by atoms with Crippen molar-refractivity contribution in [1.29, 1.82) is 0 Å². The van der Waals surface area contributed by atoms with Gasteiger partial charge >= 0.3 is 6.18 Å². The van der Waals surface area contributed by atoms with Gasteiger partial charge in [-0.2, -0.15) is 13.2 Å². The van der Waals surface area contributed by atoms with Crippen LogP contribution in [0.1, 0.15) is 17.2 Å². The lowest BCUT2D eigenvalue weighted by Gasteiger charge is -2.39. The van der Waals surface area contributed by atoms with Crippen LogP contribution >= 0.6 is 24.0 Å². The van der Waals surface area contributed by atoms with Crippen LogP contribution in [0.2, 0.25) is 0 Å². The van der Waals surface area contributed by atoms with Crippen LogP contribution < -0.4 is 5.32 Å². The third-order valence-electron chi connectivity index (χ3n) is 5.64. The highest BCUT2D eigenvalue weighted by Gasteiger charge is 2.32. The number of aliphatic imine (C=N–C) groups is 1. The van der Waals surface area contributed by atoms with Gasteiger partial charge in [0.05, 0.1) is 18.7 Å². The summed E-state index contributed by atoms with van der Waals surface area (Å²) in [6, 6.07) is 5.76. The fourth-order valence-corrected chi connectivity index (χ4v) is 3.82. The van der Waals surface area contributed by atoms with Crippen molar-refractivity contribution in [3.63, 3.8) is 0 Å². The zero-order chi connectivity index (χ0) is 21.0. The second-order valence-electron chi connectivity index (χ2n) is 7.75. The molecule has 6 nitrogen and oxygen atoms in total. The number of piperazine rings is 1. The summed E-state index contributed by atoms with van der Waals surface area (Å²) < 4.78 is 44.9. The number of morpholine rings is 1. The highest BCUT2D eigenvalue weighted by molar-refractivity contribution is 14.0. The molecule has 2 fully saturated rings. The smallest absolute Gasteiger partial charge is 0.370 e. The Bertz CT molecular complexity index is 718. The minimum atomic E-state index is -4.36.